The SMILES string of the molecule is CCCCC1C(=O)c2cccn2C1C. The van der Waals surface area contributed by atoms with Gasteiger partial charge in [-0.25, -0.2) is 0 Å². The van der Waals surface area contributed by atoms with Gasteiger partial charge in [-0.15, -0.1) is 0 Å². The third-order valence-electron chi connectivity index (χ3n) is 3.26. The minimum atomic E-state index is 0.228. The number of carbonyl (C=O) groups excluding carboxylic acids is 1. The second kappa shape index (κ2) is 3.60. The predicted molar refractivity (Wildman–Crippen MR) is 56.5 cm³/mol. The number of unbranched alkanes of at least 4 members (excludes halogenated alkanes) is 1. The van der Waals surface area contributed by atoms with Gasteiger partial charge in [0.05, 0.1) is 5.69 Å². The van der Waals surface area contributed by atoms with E-state index in [1.807, 2.05) is 18.3 Å². The third-order valence-corrected chi connectivity index (χ3v) is 3.26. The first-order valence-electron chi connectivity index (χ1n) is 5.46. The van der Waals surface area contributed by atoms with Crippen LogP contribution >= 0.6 is 0 Å². The molecule has 0 bridgehead atoms. The van der Waals surface area contributed by atoms with E-state index in [-0.39, 0.29) is 5.92 Å². The van der Waals surface area contributed by atoms with Gasteiger partial charge in [0.25, 0.3) is 0 Å². The maximum absolute atomic E-state index is 12.0. The molecule has 14 heavy (non-hydrogen) atoms. The molecular weight excluding hydrogens is 174 g/mol. The summed E-state index contributed by atoms with van der Waals surface area (Å²) >= 11 is 0. The van der Waals surface area contributed by atoms with Crippen LogP contribution in [0.15, 0.2) is 18.3 Å². The van der Waals surface area contributed by atoms with Crippen molar-refractivity contribution in [2.75, 3.05) is 0 Å². The van der Waals surface area contributed by atoms with Gasteiger partial charge in [0.1, 0.15) is 0 Å². The molecule has 0 radical (unpaired) electrons. The van der Waals surface area contributed by atoms with Crippen molar-refractivity contribution in [3.05, 3.63) is 24.0 Å². The molecule has 0 amide bonds. The second-order valence-electron chi connectivity index (χ2n) is 4.15. The van der Waals surface area contributed by atoms with Gasteiger partial charge in [-0.1, -0.05) is 19.8 Å². The molecule has 2 nitrogen and oxygen atoms in total. The monoisotopic (exact) mass is 191 g/mol. The van der Waals surface area contributed by atoms with Crippen molar-refractivity contribution in [1.82, 2.24) is 4.57 Å². The van der Waals surface area contributed by atoms with Gasteiger partial charge in [0.2, 0.25) is 0 Å². The summed E-state index contributed by atoms with van der Waals surface area (Å²) in [6, 6.07) is 4.25. The molecule has 2 rings (SSSR count). The Morgan fingerprint density at radius 3 is 2.93 bits per heavy atom. The minimum Gasteiger partial charge on any atom is -0.342 e. The van der Waals surface area contributed by atoms with Crippen molar-refractivity contribution < 1.29 is 4.79 Å². The molecule has 0 aromatic carbocycles. The van der Waals surface area contributed by atoms with E-state index in [9.17, 15) is 4.79 Å². The van der Waals surface area contributed by atoms with Crippen molar-refractivity contribution >= 4 is 5.78 Å². The van der Waals surface area contributed by atoms with E-state index in [1.54, 1.807) is 0 Å². The number of hydrogen-bond acceptors (Lipinski definition) is 1. The van der Waals surface area contributed by atoms with E-state index in [2.05, 4.69) is 18.4 Å². The van der Waals surface area contributed by atoms with Crippen LogP contribution in [0.1, 0.15) is 49.6 Å². The number of Topliss-reactive ketones (excluding diaryl/α,β-unsaturated/α-hetero) is 1. The molecule has 2 heterocycles. The van der Waals surface area contributed by atoms with E-state index in [4.69, 9.17) is 0 Å². The summed E-state index contributed by atoms with van der Waals surface area (Å²) in [6.45, 7) is 4.32. The van der Waals surface area contributed by atoms with Crippen LogP contribution in [0, 0.1) is 5.92 Å². The van der Waals surface area contributed by atoms with Gasteiger partial charge in [-0.05, 0) is 25.5 Å². The first kappa shape index (κ1) is 9.50. The molecule has 76 valence electrons. The highest BCUT2D eigenvalue weighted by Gasteiger charge is 2.35. The highest BCUT2D eigenvalue weighted by Crippen LogP contribution is 2.34. The summed E-state index contributed by atoms with van der Waals surface area (Å²) in [4.78, 5) is 12.0. The van der Waals surface area contributed by atoms with Crippen LogP contribution in [0.3, 0.4) is 0 Å². The lowest BCUT2D eigenvalue weighted by Gasteiger charge is -2.14. The summed E-state index contributed by atoms with van der Waals surface area (Å²) < 4.78 is 2.11. The van der Waals surface area contributed by atoms with Crippen molar-refractivity contribution in [1.29, 1.82) is 0 Å². The molecule has 2 heteroatoms. The first-order valence-corrected chi connectivity index (χ1v) is 5.46. The molecule has 0 N–H and O–H groups in total. The van der Waals surface area contributed by atoms with Crippen LogP contribution < -0.4 is 0 Å². The summed E-state index contributed by atoms with van der Waals surface area (Å²) in [5.41, 5.74) is 0.901. The topological polar surface area (TPSA) is 22.0 Å². The summed E-state index contributed by atoms with van der Waals surface area (Å²) in [7, 11) is 0. The summed E-state index contributed by atoms with van der Waals surface area (Å²) in [5.74, 6) is 0.571. The van der Waals surface area contributed by atoms with Crippen molar-refractivity contribution in [3.8, 4) is 0 Å². The van der Waals surface area contributed by atoms with Crippen molar-refractivity contribution in [2.45, 2.75) is 39.2 Å². The maximum Gasteiger partial charge on any atom is 0.184 e. The Morgan fingerprint density at radius 2 is 2.29 bits per heavy atom. The summed E-state index contributed by atoms with van der Waals surface area (Å²) in [5, 5.41) is 0. The molecule has 1 aliphatic heterocycles. The Hall–Kier alpha value is -1.05. The average Bonchev–Trinajstić information content (AvgIpc) is 2.72. The summed E-state index contributed by atoms with van der Waals surface area (Å²) in [6.07, 6.45) is 5.39. The molecule has 0 saturated heterocycles. The number of hydrogen-bond donors (Lipinski definition) is 0. The van der Waals surface area contributed by atoms with Gasteiger partial charge in [-0.3, -0.25) is 4.79 Å². The number of ketones is 1. The lowest BCUT2D eigenvalue weighted by molar-refractivity contribution is 0.0915. The average molecular weight is 191 g/mol. The Kier molecular flexibility index (Phi) is 2.44. The smallest absolute Gasteiger partial charge is 0.184 e. The molecule has 1 aromatic rings. The lowest BCUT2D eigenvalue weighted by Crippen LogP contribution is -2.13. The Morgan fingerprint density at radius 1 is 1.50 bits per heavy atom. The van der Waals surface area contributed by atoms with Crippen LogP contribution in [-0.2, 0) is 0 Å². The zero-order valence-corrected chi connectivity index (χ0v) is 8.86. The quantitative estimate of drug-likeness (QED) is 0.719. The van der Waals surface area contributed by atoms with Crippen LogP contribution in [-0.4, -0.2) is 10.4 Å². The molecule has 0 aliphatic carbocycles. The fourth-order valence-electron chi connectivity index (χ4n) is 2.36. The van der Waals surface area contributed by atoms with Gasteiger partial charge in [0.15, 0.2) is 5.78 Å². The van der Waals surface area contributed by atoms with Crippen LogP contribution in [0.4, 0.5) is 0 Å². The number of nitrogens with zero attached hydrogens (tertiary/aromatic N) is 1. The number of rotatable bonds is 3. The standard InChI is InChI=1S/C12H17NO/c1-3-4-6-10-9(2)13-8-5-7-11(13)12(10)14/h5,7-10H,3-4,6H2,1-2H3. The second-order valence-corrected chi connectivity index (χ2v) is 4.15. The van der Waals surface area contributed by atoms with E-state index in [0.29, 0.717) is 11.8 Å². The number of aromatic nitrogens is 1. The van der Waals surface area contributed by atoms with Gasteiger partial charge < -0.3 is 4.57 Å². The van der Waals surface area contributed by atoms with Crippen molar-refractivity contribution in [2.24, 2.45) is 5.92 Å². The Labute approximate surface area is 84.9 Å². The fraction of sp³-hybridized carbons (Fsp3) is 0.583. The predicted octanol–water partition coefficient (Wildman–Crippen LogP) is 3.05. The molecule has 2 atom stereocenters. The zero-order chi connectivity index (χ0) is 10.1. The van der Waals surface area contributed by atoms with Gasteiger partial charge in [0, 0.05) is 18.2 Å². The van der Waals surface area contributed by atoms with Gasteiger partial charge in [-0.2, -0.15) is 0 Å². The number of fused-ring (bicyclic) bond motifs is 1. The van der Waals surface area contributed by atoms with Crippen LogP contribution in [0.2, 0.25) is 0 Å². The lowest BCUT2D eigenvalue weighted by atomic mass is 9.93. The Bertz CT molecular complexity index is 340. The van der Waals surface area contributed by atoms with Gasteiger partial charge >= 0.3 is 0 Å². The largest absolute Gasteiger partial charge is 0.342 e. The molecule has 0 spiro atoms. The van der Waals surface area contributed by atoms with E-state index < -0.39 is 0 Å². The van der Waals surface area contributed by atoms with Crippen LogP contribution in [0.5, 0.6) is 0 Å². The highest BCUT2D eigenvalue weighted by molar-refractivity contribution is 5.98. The molecule has 1 aliphatic rings. The molecule has 0 saturated carbocycles. The molecule has 0 fully saturated rings. The highest BCUT2D eigenvalue weighted by atomic mass is 16.1. The van der Waals surface area contributed by atoms with Crippen molar-refractivity contribution in [3.63, 3.8) is 0 Å². The van der Waals surface area contributed by atoms with Crippen LogP contribution in [0.25, 0.3) is 0 Å². The first-order chi connectivity index (χ1) is 6.75. The maximum atomic E-state index is 12.0. The molecule has 1 aromatic heterocycles. The zero-order valence-electron chi connectivity index (χ0n) is 8.86. The number of carbonyl (C=O) groups is 1. The van der Waals surface area contributed by atoms with E-state index in [0.717, 1.165) is 18.5 Å². The molecular formula is C12H17NO. The van der Waals surface area contributed by atoms with E-state index in [1.165, 1.54) is 6.42 Å². The fourth-order valence-corrected chi connectivity index (χ4v) is 2.36. The van der Waals surface area contributed by atoms with E-state index >= 15 is 0 Å². The normalized spacial score (nSPS) is 25.4. The minimum absolute atomic E-state index is 0.228. The Balaban J connectivity index is 2.18. The third kappa shape index (κ3) is 1.29. The molecule has 2 unspecified atom stereocenters.